The van der Waals surface area contributed by atoms with E-state index < -0.39 is 0 Å². The van der Waals surface area contributed by atoms with E-state index in [0.29, 0.717) is 5.69 Å². The molecule has 0 unspecified atom stereocenters. The number of hydrogen-bond acceptors (Lipinski definition) is 3. The molecule has 0 saturated carbocycles. The van der Waals surface area contributed by atoms with Gasteiger partial charge in [-0.25, -0.2) is 9.97 Å². The van der Waals surface area contributed by atoms with E-state index in [1.165, 1.54) is 12.5 Å². The number of aromatic hydroxyl groups is 1. The van der Waals surface area contributed by atoms with Crippen LogP contribution in [0.1, 0.15) is 12.6 Å². The van der Waals surface area contributed by atoms with Crippen molar-refractivity contribution < 1.29 is 5.11 Å². The van der Waals surface area contributed by atoms with E-state index in [1.807, 2.05) is 6.92 Å². The summed E-state index contributed by atoms with van der Waals surface area (Å²) in [6, 6.07) is 0. The fraction of sp³-hybridized carbons (Fsp3) is 0.333. The standard InChI is InChI=1S/C6H8N2O/c1-2-5-6(9)3-7-4-8-5/h3-4,9H,2H2,1H3. The number of rotatable bonds is 1. The van der Waals surface area contributed by atoms with Gasteiger partial charge in [-0.05, 0) is 6.42 Å². The summed E-state index contributed by atoms with van der Waals surface area (Å²) in [5, 5.41) is 8.99. The molecule has 1 aromatic rings. The van der Waals surface area contributed by atoms with E-state index in [1.54, 1.807) is 0 Å². The largest absolute Gasteiger partial charge is 0.504 e. The molecule has 0 radical (unpaired) electrons. The summed E-state index contributed by atoms with van der Waals surface area (Å²) < 4.78 is 0. The first kappa shape index (κ1) is 6.01. The Balaban J connectivity index is 3.01. The molecule has 9 heavy (non-hydrogen) atoms. The second-order valence-electron chi connectivity index (χ2n) is 1.71. The van der Waals surface area contributed by atoms with Gasteiger partial charge in [-0.1, -0.05) is 6.92 Å². The molecule has 0 aliphatic carbocycles. The maximum Gasteiger partial charge on any atom is 0.155 e. The molecule has 0 fully saturated rings. The van der Waals surface area contributed by atoms with Gasteiger partial charge in [-0.15, -0.1) is 0 Å². The van der Waals surface area contributed by atoms with E-state index in [2.05, 4.69) is 9.97 Å². The highest BCUT2D eigenvalue weighted by Crippen LogP contribution is 2.09. The van der Waals surface area contributed by atoms with Crippen LogP contribution in [0.4, 0.5) is 0 Å². The first-order valence-electron chi connectivity index (χ1n) is 2.82. The van der Waals surface area contributed by atoms with E-state index in [4.69, 9.17) is 5.11 Å². The van der Waals surface area contributed by atoms with Gasteiger partial charge in [0.1, 0.15) is 6.33 Å². The lowest BCUT2D eigenvalue weighted by atomic mass is 10.3. The fourth-order valence-corrected chi connectivity index (χ4v) is 0.620. The van der Waals surface area contributed by atoms with Crippen molar-refractivity contribution in [3.05, 3.63) is 18.2 Å². The maximum absolute atomic E-state index is 8.99. The second-order valence-corrected chi connectivity index (χ2v) is 1.71. The van der Waals surface area contributed by atoms with Crippen molar-refractivity contribution in [3.8, 4) is 5.75 Å². The number of aromatic nitrogens is 2. The Labute approximate surface area is 53.4 Å². The van der Waals surface area contributed by atoms with E-state index in [0.717, 1.165) is 6.42 Å². The first-order chi connectivity index (χ1) is 4.34. The molecule has 0 aliphatic heterocycles. The molecule has 1 N–H and O–H groups in total. The fourth-order valence-electron chi connectivity index (χ4n) is 0.620. The zero-order chi connectivity index (χ0) is 6.69. The molecular formula is C6H8N2O. The Hall–Kier alpha value is -1.12. The van der Waals surface area contributed by atoms with E-state index in [-0.39, 0.29) is 5.75 Å². The Morgan fingerprint density at radius 1 is 1.67 bits per heavy atom. The van der Waals surface area contributed by atoms with Crippen molar-refractivity contribution in [2.24, 2.45) is 0 Å². The lowest BCUT2D eigenvalue weighted by Gasteiger charge is -1.95. The third-order valence-corrected chi connectivity index (χ3v) is 1.11. The van der Waals surface area contributed by atoms with Gasteiger partial charge in [0.15, 0.2) is 5.75 Å². The molecule has 1 rings (SSSR count). The number of aryl methyl sites for hydroxylation is 1. The molecule has 0 aliphatic rings. The SMILES string of the molecule is CCc1ncncc1O. The minimum atomic E-state index is 0.181. The van der Waals surface area contributed by atoms with Gasteiger partial charge in [0.2, 0.25) is 0 Å². The van der Waals surface area contributed by atoms with Crippen molar-refractivity contribution in [1.82, 2.24) is 9.97 Å². The highest BCUT2D eigenvalue weighted by atomic mass is 16.3. The summed E-state index contributed by atoms with van der Waals surface area (Å²) in [6.07, 6.45) is 3.57. The van der Waals surface area contributed by atoms with Gasteiger partial charge in [-0.2, -0.15) is 0 Å². The molecular weight excluding hydrogens is 116 g/mol. The van der Waals surface area contributed by atoms with Crippen LogP contribution in [-0.2, 0) is 6.42 Å². The lowest BCUT2D eigenvalue weighted by molar-refractivity contribution is 0.461. The van der Waals surface area contributed by atoms with Crippen molar-refractivity contribution >= 4 is 0 Å². The summed E-state index contributed by atoms with van der Waals surface area (Å²) in [7, 11) is 0. The highest BCUT2D eigenvalue weighted by Gasteiger charge is 1.95. The van der Waals surface area contributed by atoms with Crippen molar-refractivity contribution in [3.63, 3.8) is 0 Å². The highest BCUT2D eigenvalue weighted by molar-refractivity contribution is 5.20. The van der Waals surface area contributed by atoms with Gasteiger partial charge >= 0.3 is 0 Å². The average Bonchev–Trinajstić information content (AvgIpc) is 1.89. The van der Waals surface area contributed by atoms with Crippen LogP contribution in [0.3, 0.4) is 0 Å². The zero-order valence-corrected chi connectivity index (χ0v) is 5.20. The Bertz CT molecular complexity index is 200. The van der Waals surface area contributed by atoms with Crippen LogP contribution in [0.25, 0.3) is 0 Å². The monoisotopic (exact) mass is 124 g/mol. The molecule has 3 heteroatoms. The van der Waals surface area contributed by atoms with Gasteiger partial charge in [-0.3, -0.25) is 0 Å². The Morgan fingerprint density at radius 3 is 2.89 bits per heavy atom. The molecule has 3 nitrogen and oxygen atoms in total. The topological polar surface area (TPSA) is 46.0 Å². The Morgan fingerprint density at radius 2 is 2.44 bits per heavy atom. The molecule has 0 bridgehead atoms. The summed E-state index contributed by atoms with van der Waals surface area (Å²) in [6.45, 7) is 1.93. The van der Waals surface area contributed by atoms with Crippen LogP contribution >= 0.6 is 0 Å². The second kappa shape index (κ2) is 2.44. The van der Waals surface area contributed by atoms with Crippen LogP contribution in [0.2, 0.25) is 0 Å². The molecule has 0 spiro atoms. The molecule has 0 amide bonds. The number of nitrogens with zero attached hydrogens (tertiary/aromatic N) is 2. The summed E-state index contributed by atoms with van der Waals surface area (Å²) >= 11 is 0. The minimum absolute atomic E-state index is 0.181. The minimum Gasteiger partial charge on any atom is -0.504 e. The van der Waals surface area contributed by atoms with Crippen LogP contribution in [-0.4, -0.2) is 15.1 Å². The third-order valence-electron chi connectivity index (χ3n) is 1.11. The molecule has 48 valence electrons. The molecule has 1 aromatic heterocycles. The van der Waals surface area contributed by atoms with Crippen molar-refractivity contribution in [1.29, 1.82) is 0 Å². The average molecular weight is 124 g/mol. The summed E-state index contributed by atoms with van der Waals surface area (Å²) in [4.78, 5) is 7.47. The molecule has 0 atom stereocenters. The predicted octanol–water partition coefficient (Wildman–Crippen LogP) is 0.745. The van der Waals surface area contributed by atoms with Crippen LogP contribution < -0.4 is 0 Å². The van der Waals surface area contributed by atoms with Crippen LogP contribution in [0, 0.1) is 0 Å². The van der Waals surface area contributed by atoms with Gasteiger partial charge in [0, 0.05) is 0 Å². The number of hydrogen-bond donors (Lipinski definition) is 1. The van der Waals surface area contributed by atoms with Gasteiger partial charge < -0.3 is 5.11 Å². The molecule has 0 saturated heterocycles. The van der Waals surface area contributed by atoms with Crippen LogP contribution in [0.15, 0.2) is 12.5 Å². The Kier molecular flexibility index (Phi) is 1.63. The summed E-state index contributed by atoms with van der Waals surface area (Å²) in [5.41, 5.74) is 0.699. The van der Waals surface area contributed by atoms with E-state index in [9.17, 15) is 0 Å². The zero-order valence-electron chi connectivity index (χ0n) is 5.20. The van der Waals surface area contributed by atoms with Gasteiger partial charge in [0.05, 0.1) is 11.9 Å². The van der Waals surface area contributed by atoms with Crippen molar-refractivity contribution in [2.75, 3.05) is 0 Å². The predicted molar refractivity (Wildman–Crippen MR) is 33.1 cm³/mol. The molecule has 1 heterocycles. The smallest absolute Gasteiger partial charge is 0.155 e. The quantitative estimate of drug-likeness (QED) is 0.600. The van der Waals surface area contributed by atoms with Crippen LogP contribution in [0.5, 0.6) is 5.75 Å². The van der Waals surface area contributed by atoms with Crippen molar-refractivity contribution in [2.45, 2.75) is 13.3 Å². The summed E-state index contributed by atoms with van der Waals surface area (Å²) in [5.74, 6) is 0.181. The maximum atomic E-state index is 8.99. The van der Waals surface area contributed by atoms with Gasteiger partial charge in [0.25, 0.3) is 0 Å². The lowest BCUT2D eigenvalue weighted by Crippen LogP contribution is -1.86. The molecule has 0 aromatic carbocycles. The first-order valence-corrected chi connectivity index (χ1v) is 2.82. The van der Waals surface area contributed by atoms with E-state index >= 15 is 0 Å². The third kappa shape index (κ3) is 1.16. The normalized spacial score (nSPS) is 9.44.